The predicted molar refractivity (Wildman–Crippen MR) is 112 cm³/mol. The topological polar surface area (TPSA) is 73.2 Å². The number of benzene rings is 2. The van der Waals surface area contributed by atoms with Gasteiger partial charge in [-0.25, -0.2) is 13.1 Å². The van der Waals surface area contributed by atoms with Gasteiger partial charge in [0.25, 0.3) is 0 Å². The van der Waals surface area contributed by atoms with Gasteiger partial charge >= 0.3 is 0 Å². The lowest BCUT2D eigenvalue weighted by molar-refractivity contribution is 0.0430. The van der Waals surface area contributed by atoms with Gasteiger partial charge in [-0.05, 0) is 30.0 Å². The first kappa shape index (κ1) is 19.8. The fourth-order valence-electron chi connectivity index (χ4n) is 3.50. The van der Waals surface area contributed by atoms with Crippen molar-refractivity contribution in [2.24, 2.45) is 0 Å². The molecule has 0 bridgehead atoms. The molecule has 0 saturated heterocycles. The van der Waals surface area contributed by atoms with E-state index in [0.717, 1.165) is 28.8 Å². The summed E-state index contributed by atoms with van der Waals surface area (Å²) in [5.41, 5.74) is 4.98. The van der Waals surface area contributed by atoms with Crippen LogP contribution in [0.4, 0.5) is 0 Å². The van der Waals surface area contributed by atoms with Crippen molar-refractivity contribution in [3.63, 3.8) is 0 Å². The van der Waals surface area contributed by atoms with Gasteiger partial charge in [0.15, 0.2) is 0 Å². The zero-order valence-electron chi connectivity index (χ0n) is 16.4. The van der Waals surface area contributed by atoms with Crippen molar-refractivity contribution in [1.29, 1.82) is 0 Å². The maximum atomic E-state index is 12.5. The van der Waals surface area contributed by atoms with Gasteiger partial charge in [0.05, 0.1) is 24.6 Å². The number of ether oxygens (including phenoxy) is 1. The summed E-state index contributed by atoms with van der Waals surface area (Å²) >= 11 is 0. The molecule has 2 aromatic carbocycles. The number of aryl methyl sites for hydroxylation is 1. The van der Waals surface area contributed by atoms with Crippen LogP contribution in [-0.2, 0) is 33.5 Å². The summed E-state index contributed by atoms with van der Waals surface area (Å²) in [4.78, 5) is 0. The third-order valence-corrected chi connectivity index (χ3v) is 6.34. The van der Waals surface area contributed by atoms with Crippen LogP contribution in [0.3, 0.4) is 0 Å². The molecule has 7 heteroatoms. The highest BCUT2D eigenvalue weighted by Gasteiger charge is 2.26. The number of aromatic nitrogens is 2. The number of nitrogens with zero attached hydrogens (tertiary/aromatic N) is 2. The fourth-order valence-corrected chi connectivity index (χ4v) is 4.63. The monoisotopic (exact) mass is 411 g/mol. The van der Waals surface area contributed by atoms with Gasteiger partial charge in [0.1, 0.15) is 6.10 Å². The van der Waals surface area contributed by atoms with Gasteiger partial charge in [-0.2, -0.15) is 5.10 Å². The van der Waals surface area contributed by atoms with Crippen LogP contribution in [0.1, 0.15) is 34.1 Å². The van der Waals surface area contributed by atoms with Gasteiger partial charge in [-0.3, -0.25) is 4.68 Å². The zero-order chi connectivity index (χ0) is 20.3. The number of rotatable bonds is 7. The molecule has 1 atom stereocenters. The standard InChI is InChI=1S/C22H25N3O3S/c1-17-7-9-19(10-8-17)16-29(26,27)23-13-21-22-20(11-12-28-21)15-25(24-22)14-18-5-3-2-4-6-18/h2-10,15,21,23H,11-14,16H2,1H3/t21-/m0/s1. The van der Waals surface area contributed by atoms with E-state index < -0.39 is 10.0 Å². The first-order chi connectivity index (χ1) is 14.0. The van der Waals surface area contributed by atoms with E-state index in [1.54, 1.807) is 0 Å². The number of hydrogen-bond donors (Lipinski definition) is 1. The van der Waals surface area contributed by atoms with E-state index in [1.165, 1.54) is 5.56 Å². The molecule has 0 fully saturated rings. The Bertz CT molecular complexity index is 1060. The Balaban J connectivity index is 1.42. The van der Waals surface area contributed by atoms with Crippen LogP contribution in [0.2, 0.25) is 0 Å². The summed E-state index contributed by atoms with van der Waals surface area (Å²) in [7, 11) is -3.46. The molecule has 0 aliphatic carbocycles. The second kappa shape index (κ2) is 8.49. The van der Waals surface area contributed by atoms with Crippen LogP contribution in [-0.4, -0.2) is 31.3 Å². The van der Waals surface area contributed by atoms with Gasteiger partial charge in [0, 0.05) is 12.7 Å². The predicted octanol–water partition coefficient (Wildman–Crippen LogP) is 2.97. The molecule has 1 aliphatic heterocycles. The number of fused-ring (bicyclic) bond motifs is 1. The Hall–Kier alpha value is -2.48. The Kier molecular flexibility index (Phi) is 5.80. The minimum Gasteiger partial charge on any atom is -0.370 e. The van der Waals surface area contributed by atoms with Crippen LogP contribution in [0.5, 0.6) is 0 Å². The van der Waals surface area contributed by atoms with E-state index in [1.807, 2.05) is 60.3 Å². The average molecular weight is 412 g/mol. The third-order valence-electron chi connectivity index (χ3n) is 5.02. The lowest BCUT2D eigenvalue weighted by atomic mass is 10.1. The number of hydrogen-bond acceptors (Lipinski definition) is 4. The molecule has 0 radical (unpaired) electrons. The second-order valence-electron chi connectivity index (χ2n) is 7.43. The van der Waals surface area contributed by atoms with Crippen molar-refractivity contribution in [1.82, 2.24) is 14.5 Å². The molecule has 0 unspecified atom stereocenters. The zero-order valence-corrected chi connectivity index (χ0v) is 17.2. The Morgan fingerprint density at radius 1 is 1.10 bits per heavy atom. The van der Waals surface area contributed by atoms with Crippen LogP contribution < -0.4 is 4.72 Å². The maximum Gasteiger partial charge on any atom is 0.215 e. The quantitative estimate of drug-likeness (QED) is 0.649. The van der Waals surface area contributed by atoms with Crippen LogP contribution in [0.15, 0.2) is 60.8 Å². The molecule has 4 rings (SSSR count). The fraction of sp³-hybridized carbons (Fsp3) is 0.318. The minimum absolute atomic E-state index is 0.0463. The molecule has 152 valence electrons. The molecule has 1 aliphatic rings. The van der Waals surface area contributed by atoms with Crippen LogP contribution in [0, 0.1) is 6.92 Å². The van der Waals surface area contributed by atoms with Gasteiger partial charge in [0.2, 0.25) is 10.0 Å². The van der Waals surface area contributed by atoms with E-state index in [4.69, 9.17) is 4.74 Å². The summed E-state index contributed by atoms with van der Waals surface area (Å²) in [5.74, 6) is -0.0463. The molecule has 29 heavy (non-hydrogen) atoms. The maximum absolute atomic E-state index is 12.5. The molecule has 1 aromatic heterocycles. The Morgan fingerprint density at radius 3 is 2.62 bits per heavy atom. The number of nitrogens with one attached hydrogen (secondary N) is 1. The normalized spacial score (nSPS) is 16.5. The lowest BCUT2D eigenvalue weighted by Gasteiger charge is -2.22. The highest BCUT2D eigenvalue weighted by atomic mass is 32.2. The van der Waals surface area contributed by atoms with E-state index in [0.29, 0.717) is 13.2 Å². The first-order valence-corrected chi connectivity index (χ1v) is 11.4. The van der Waals surface area contributed by atoms with Crippen LogP contribution in [0.25, 0.3) is 0 Å². The molecule has 0 amide bonds. The highest BCUT2D eigenvalue weighted by Crippen LogP contribution is 2.26. The summed E-state index contributed by atoms with van der Waals surface area (Å²) in [6.07, 6.45) is 2.46. The molecular formula is C22H25N3O3S. The molecule has 0 spiro atoms. The third kappa shape index (κ3) is 5.12. The molecule has 0 saturated carbocycles. The van der Waals surface area contributed by atoms with E-state index in [2.05, 4.69) is 22.0 Å². The number of sulfonamides is 1. The Labute approximate surface area is 171 Å². The van der Waals surface area contributed by atoms with Crippen molar-refractivity contribution in [3.8, 4) is 0 Å². The van der Waals surface area contributed by atoms with Crippen molar-refractivity contribution in [3.05, 3.63) is 88.7 Å². The van der Waals surface area contributed by atoms with Gasteiger partial charge in [-0.15, -0.1) is 0 Å². The van der Waals surface area contributed by atoms with Gasteiger partial charge in [-0.1, -0.05) is 60.2 Å². The van der Waals surface area contributed by atoms with Crippen molar-refractivity contribution in [2.75, 3.05) is 13.2 Å². The van der Waals surface area contributed by atoms with Crippen molar-refractivity contribution >= 4 is 10.0 Å². The summed E-state index contributed by atoms with van der Waals surface area (Å²) < 4.78 is 35.4. The summed E-state index contributed by atoms with van der Waals surface area (Å²) in [6.45, 7) is 3.41. The molecule has 6 nitrogen and oxygen atoms in total. The summed E-state index contributed by atoms with van der Waals surface area (Å²) in [6, 6.07) is 17.7. The Morgan fingerprint density at radius 2 is 1.86 bits per heavy atom. The van der Waals surface area contributed by atoms with E-state index >= 15 is 0 Å². The summed E-state index contributed by atoms with van der Waals surface area (Å²) in [5, 5.41) is 4.68. The SMILES string of the molecule is Cc1ccc(CS(=O)(=O)NC[C@@H]2OCCc3cn(Cc4ccccc4)nc32)cc1. The molecular weight excluding hydrogens is 386 g/mol. The molecule has 1 N–H and O–H groups in total. The second-order valence-corrected chi connectivity index (χ2v) is 9.23. The highest BCUT2D eigenvalue weighted by molar-refractivity contribution is 7.88. The lowest BCUT2D eigenvalue weighted by Crippen LogP contribution is -2.32. The van der Waals surface area contributed by atoms with Crippen LogP contribution >= 0.6 is 0 Å². The van der Waals surface area contributed by atoms with Crippen molar-refractivity contribution in [2.45, 2.75) is 31.7 Å². The largest absolute Gasteiger partial charge is 0.370 e. The first-order valence-electron chi connectivity index (χ1n) is 9.73. The average Bonchev–Trinajstić information content (AvgIpc) is 3.12. The molecule has 2 heterocycles. The van der Waals surface area contributed by atoms with E-state index in [-0.39, 0.29) is 18.4 Å². The smallest absolute Gasteiger partial charge is 0.215 e. The van der Waals surface area contributed by atoms with Gasteiger partial charge < -0.3 is 4.74 Å². The minimum atomic E-state index is -3.46. The van der Waals surface area contributed by atoms with E-state index in [9.17, 15) is 8.42 Å². The van der Waals surface area contributed by atoms with Crippen molar-refractivity contribution < 1.29 is 13.2 Å². The molecule has 3 aromatic rings.